The van der Waals surface area contributed by atoms with Crippen molar-refractivity contribution in [3.8, 4) is 11.3 Å². The van der Waals surface area contributed by atoms with E-state index in [4.69, 9.17) is 23.2 Å². The Kier molecular flexibility index (Phi) is 5.89. The summed E-state index contributed by atoms with van der Waals surface area (Å²) >= 11 is 13.3. The van der Waals surface area contributed by atoms with Crippen molar-refractivity contribution < 1.29 is 18.8 Å². The van der Waals surface area contributed by atoms with Gasteiger partial charge in [0.2, 0.25) is 5.91 Å². The van der Waals surface area contributed by atoms with Crippen LogP contribution in [0, 0.1) is 5.82 Å². The number of urea groups is 1. The lowest BCUT2D eigenvalue weighted by Gasteiger charge is -2.22. The van der Waals surface area contributed by atoms with Gasteiger partial charge in [-0.05, 0) is 42.8 Å². The van der Waals surface area contributed by atoms with Crippen LogP contribution in [0.3, 0.4) is 0 Å². The topological polar surface area (TPSA) is 91.4 Å². The number of benzene rings is 2. The number of nitrogens with zero attached hydrogens (tertiary/aromatic N) is 2. The molecule has 32 heavy (non-hydrogen) atoms. The van der Waals surface area contributed by atoms with E-state index in [0.29, 0.717) is 26.9 Å². The summed E-state index contributed by atoms with van der Waals surface area (Å²) in [6.45, 7) is 0.999. The average molecular weight is 493 g/mol. The van der Waals surface area contributed by atoms with E-state index in [1.54, 1.807) is 23.6 Å². The number of nitrogens with one attached hydrogen (secondary N) is 2. The minimum atomic E-state index is -1.40. The molecular weight excluding hydrogens is 478 g/mol. The molecule has 11 heteroatoms. The highest BCUT2D eigenvalue weighted by Crippen LogP contribution is 2.33. The van der Waals surface area contributed by atoms with Crippen LogP contribution in [0.15, 0.2) is 47.8 Å². The highest BCUT2D eigenvalue weighted by atomic mass is 35.5. The van der Waals surface area contributed by atoms with Crippen molar-refractivity contribution in [3.05, 3.63) is 69.3 Å². The molecular formula is C21H15Cl2FN4O3S. The Bertz CT molecular complexity index is 1230. The third-order valence-electron chi connectivity index (χ3n) is 4.96. The number of aromatic nitrogens is 1. The van der Waals surface area contributed by atoms with Crippen LogP contribution in [0.4, 0.5) is 14.3 Å². The van der Waals surface area contributed by atoms with E-state index in [1.807, 2.05) is 0 Å². The molecule has 2 aromatic carbocycles. The maximum absolute atomic E-state index is 13.2. The summed E-state index contributed by atoms with van der Waals surface area (Å²) < 4.78 is 13.2. The van der Waals surface area contributed by atoms with Gasteiger partial charge in [-0.1, -0.05) is 35.3 Å². The molecule has 1 aliphatic heterocycles. The molecule has 1 atom stereocenters. The maximum atomic E-state index is 13.2. The molecule has 1 unspecified atom stereocenters. The number of imide groups is 1. The highest BCUT2D eigenvalue weighted by molar-refractivity contribution is 7.14. The molecule has 1 aliphatic rings. The van der Waals surface area contributed by atoms with Gasteiger partial charge in [0.15, 0.2) is 5.13 Å². The summed E-state index contributed by atoms with van der Waals surface area (Å²) in [4.78, 5) is 42.9. The van der Waals surface area contributed by atoms with Crippen LogP contribution in [-0.2, 0) is 15.1 Å². The average Bonchev–Trinajstić information content (AvgIpc) is 3.27. The molecule has 2 N–H and O–H groups in total. The molecule has 2 heterocycles. The van der Waals surface area contributed by atoms with Crippen LogP contribution in [-0.4, -0.2) is 34.3 Å². The molecule has 0 spiro atoms. The van der Waals surface area contributed by atoms with Gasteiger partial charge in [0.05, 0.1) is 10.7 Å². The van der Waals surface area contributed by atoms with Crippen molar-refractivity contribution in [2.75, 3.05) is 11.9 Å². The first-order valence-corrected chi connectivity index (χ1v) is 10.9. The van der Waals surface area contributed by atoms with Gasteiger partial charge in [0, 0.05) is 16.0 Å². The smallest absolute Gasteiger partial charge is 0.319 e. The molecule has 4 amide bonds. The SMILES string of the molecule is CC1(c2ccc(F)cc2)NC(=O)N(CC(=O)Nc2nc(-c3ccc(Cl)cc3Cl)cs2)C1=O. The molecule has 0 bridgehead atoms. The Morgan fingerprint density at radius 3 is 2.62 bits per heavy atom. The molecule has 1 aromatic heterocycles. The first-order chi connectivity index (χ1) is 15.2. The van der Waals surface area contributed by atoms with E-state index >= 15 is 0 Å². The lowest BCUT2D eigenvalue weighted by molar-refractivity contribution is -0.133. The number of hydrogen-bond acceptors (Lipinski definition) is 5. The third kappa shape index (κ3) is 4.19. The quantitative estimate of drug-likeness (QED) is 0.506. The maximum Gasteiger partial charge on any atom is 0.325 e. The van der Waals surface area contributed by atoms with Crippen molar-refractivity contribution in [1.29, 1.82) is 0 Å². The molecule has 7 nitrogen and oxygen atoms in total. The standard InChI is InChI=1S/C21H15Cl2FN4O3S/c1-21(11-2-5-13(24)6-3-11)18(30)28(20(31)27-21)9-17(29)26-19-25-16(10-32-19)14-7-4-12(22)8-15(14)23/h2-8,10H,9H2,1H3,(H,27,31)(H,25,26,29). The number of hydrogen-bond donors (Lipinski definition) is 2. The van der Waals surface area contributed by atoms with Gasteiger partial charge in [-0.2, -0.15) is 0 Å². The fourth-order valence-electron chi connectivity index (χ4n) is 3.27. The summed E-state index contributed by atoms with van der Waals surface area (Å²) in [6, 6.07) is 9.48. The monoisotopic (exact) mass is 492 g/mol. The molecule has 0 radical (unpaired) electrons. The van der Waals surface area contributed by atoms with Crippen LogP contribution in [0.25, 0.3) is 11.3 Å². The van der Waals surface area contributed by atoms with E-state index in [1.165, 1.54) is 42.5 Å². The number of carbonyl (C=O) groups excluding carboxylic acids is 3. The van der Waals surface area contributed by atoms with E-state index in [2.05, 4.69) is 15.6 Å². The largest absolute Gasteiger partial charge is 0.325 e. The summed E-state index contributed by atoms with van der Waals surface area (Å²) in [6.07, 6.45) is 0. The molecule has 0 saturated carbocycles. The Morgan fingerprint density at radius 1 is 1.22 bits per heavy atom. The zero-order chi connectivity index (χ0) is 23.0. The van der Waals surface area contributed by atoms with Crippen LogP contribution in [0.2, 0.25) is 10.0 Å². The molecule has 1 saturated heterocycles. The summed E-state index contributed by atoms with van der Waals surface area (Å²) in [7, 11) is 0. The van der Waals surface area contributed by atoms with Crippen molar-refractivity contribution in [2.45, 2.75) is 12.5 Å². The second kappa shape index (κ2) is 8.50. The Morgan fingerprint density at radius 2 is 1.94 bits per heavy atom. The van der Waals surface area contributed by atoms with E-state index in [0.717, 1.165) is 4.90 Å². The second-order valence-corrected chi connectivity index (χ2v) is 8.87. The van der Waals surface area contributed by atoms with Crippen LogP contribution >= 0.6 is 34.5 Å². The van der Waals surface area contributed by atoms with Crippen LogP contribution in [0.5, 0.6) is 0 Å². The third-order valence-corrected chi connectivity index (χ3v) is 6.26. The van der Waals surface area contributed by atoms with Crippen LogP contribution in [0.1, 0.15) is 12.5 Å². The van der Waals surface area contributed by atoms with Crippen molar-refractivity contribution in [3.63, 3.8) is 0 Å². The predicted octanol–water partition coefficient (Wildman–Crippen LogP) is 4.66. The zero-order valence-corrected chi connectivity index (χ0v) is 18.8. The molecule has 4 rings (SSSR count). The van der Waals surface area contributed by atoms with E-state index < -0.39 is 35.7 Å². The first kappa shape index (κ1) is 22.2. The van der Waals surface area contributed by atoms with Crippen LogP contribution < -0.4 is 10.6 Å². The predicted molar refractivity (Wildman–Crippen MR) is 120 cm³/mol. The summed E-state index contributed by atoms with van der Waals surface area (Å²) in [5.41, 5.74) is 0.206. The number of thiazole rings is 1. The molecule has 164 valence electrons. The van der Waals surface area contributed by atoms with Crippen molar-refractivity contribution in [2.24, 2.45) is 0 Å². The normalized spacial score (nSPS) is 18.1. The minimum Gasteiger partial charge on any atom is -0.319 e. The van der Waals surface area contributed by atoms with Gasteiger partial charge >= 0.3 is 6.03 Å². The number of amides is 4. The van der Waals surface area contributed by atoms with Crippen molar-refractivity contribution in [1.82, 2.24) is 15.2 Å². The fraction of sp³-hybridized carbons (Fsp3) is 0.143. The minimum absolute atomic E-state index is 0.282. The number of rotatable bonds is 5. The zero-order valence-electron chi connectivity index (χ0n) is 16.5. The Hall–Kier alpha value is -3.01. The van der Waals surface area contributed by atoms with Crippen molar-refractivity contribution >= 4 is 57.5 Å². The van der Waals surface area contributed by atoms with Gasteiger partial charge in [-0.15, -0.1) is 11.3 Å². The highest BCUT2D eigenvalue weighted by Gasteiger charge is 2.49. The lowest BCUT2D eigenvalue weighted by atomic mass is 9.92. The van der Waals surface area contributed by atoms with Gasteiger partial charge in [-0.3, -0.25) is 14.5 Å². The molecule has 3 aromatic rings. The van der Waals surface area contributed by atoms with Gasteiger partial charge in [0.1, 0.15) is 17.9 Å². The summed E-state index contributed by atoms with van der Waals surface area (Å²) in [5.74, 6) is -1.68. The molecule has 1 fully saturated rings. The van der Waals surface area contributed by atoms with Gasteiger partial charge < -0.3 is 10.6 Å². The van der Waals surface area contributed by atoms with E-state index in [-0.39, 0.29) is 5.13 Å². The van der Waals surface area contributed by atoms with Gasteiger partial charge in [0.25, 0.3) is 5.91 Å². The second-order valence-electron chi connectivity index (χ2n) is 7.16. The Balaban J connectivity index is 1.45. The van der Waals surface area contributed by atoms with Gasteiger partial charge in [-0.25, -0.2) is 14.2 Å². The Labute approximate surface area is 196 Å². The lowest BCUT2D eigenvalue weighted by Crippen LogP contribution is -2.42. The molecule has 0 aliphatic carbocycles. The number of carbonyl (C=O) groups is 3. The van der Waals surface area contributed by atoms with E-state index in [9.17, 15) is 18.8 Å². The fourth-order valence-corrected chi connectivity index (χ4v) is 4.51. The number of anilines is 1. The first-order valence-electron chi connectivity index (χ1n) is 9.28. The summed E-state index contributed by atoms with van der Waals surface area (Å²) in [5, 5.41) is 8.05. The number of halogens is 3.